The van der Waals surface area contributed by atoms with Gasteiger partial charge in [-0.15, -0.1) is 0 Å². The Morgan fingerprint density at radius 2 is 1.88 bits per heavy atom. The predicted molar refractivity (Wildman–Crippen MR) is 68.9 cm³/mol. The molecule has 1 N–H and O–H groups in total. The number of rotatable bonds is 3. The van der Waals surface area contributed by atoms with Gasteiger partial charge >= 0.3 is 0 Å². The lowest BCUT2D eigenvalue weighted by Crippen LogP contribution is -2.12. The third-order valence-corrected chi connectivity index (χ3v) is 3.05. The molecule has 0 aliphatic carbocycles. The van der Waals surface area contributed by atoms with Gasteiger partial charge in [0, 0.05) is 5.56 Å². The molecule has 0 radical (unpaired) electrons. The Bertz CT molecular complexity index is 496. The monoisotopic (exact) mass is 230 g/mol. The van der Waals surface area contributed by atoms with Gasteiger partial charge in [-0.05, 0) is 38.9 Å². The average Bonchev–Trinajstić information content (AvgIpc) is 2.77. The first-order valence-electron chi connectivity index (χ1n) is 5.83. The molecule has 0 fully saturated rings. The van der Waals surface area contributed by atoms with Gasteiger partial charge in [0.05, 0.1) is 12.2 Å². The van der Waals surface area contributed by atoms with Gasteiger partial charge in [0.2, 0.25) is 5.89 Å². The van der Waals surface area contributed by atoms with Crippen molar-refractivity contribution in [3.63, 3.8) is 0 Å². The molecule has 90 valence electrons. The first kappa shape index (κ1) is 11.9. The van der Waals surface area contributed by atoms with Crippen LogP contribution in [0, 0.1) is 13.8 Å². The highest BCUT2D eigenvalue weighted by atomic mass is 16.4. The van der Waals surface area contributed by atoms with Gasteiger partial charge in [0.1, 0.15) is 0 Å². The molecule has 1 unspecified atom stereocenters. The van der Waals surface area contributed by atoms with Gasteiger partial charge in [-0.25, -0.2) is 4.98 Å². The summed E-state index contributed by atoms with van der Waals surface area (Å²) in [6.45, 7) is 6.21. The highest BCUT2D eigenvalue weighted by Gasteiger charge is 2.14. The molecule has 3 nitrogen and oxygen atoms in total. The van der Waals surface area contributed by atoms with Crippen LogP contribution < -0.4 is 5.32 Å². The zero-order valence-electron chi connectivity index (χ0n) is 10.7. The van der Waals surface area contributed by atoms with E-state index in [1.54, 1.807) is 6.20 Å². The number of hydrogen-bond donors (Lipinski definition) is 1. The van der Waals surface area contributed by atoms with E-state index in [2.05, 4.69) is 42.3 Å². The topological polar surface area (TPSA) is 38.1 Å². The third kappa shape index (κ3) is 2.24. The number of nitrogens with one attached hydrogen (secondary N) is 1. The van der Waals surface area contributed by atoms with Gasteiger partial charge in [-0.3, -0.25) is 0 Å². The molecule has 1 aromatic heterocycles. The van der Waals surface area contributed by atoms with E-state index in [0.717, 1.165) is 17.2 Å². The van der Waals surface area contributed by atoms with Crippen LogP contribution in [-0.2, 0) is 0 Å². The molecule has 3 heteroatoms. The van der Waals surface area contributed by atoms with E-state index in [1.807, 2.05) is 14.0 Å². The molecule has 2 rings (SSSR count). The number of hydrogen-bond acceptors (Lipinski definition) is 3. The summed E-state index contributed by atoms with van der Waals surface area (Å²) in [5.41, 5.74) is 3.57. The highest BCUT2D eigenvalue weighted by Crippen LogP contribution is 2.28. The molecule has 1 atom stereocenters. The zero-order chi connectivity index (χ0) is 12.4. The molecule has 0 bridgehead atoms. The fraction of sp³-hybridized carbons (Fsp3) is 0.357. The summed E-state index contributed by atoms with van der Waals surface area (Å²) in [7, 11) is 1.90. The fourth-order valence-electron chi connectivity index (χ4n) is 1.93. The standard InChI is InChI=1S/C14H18N2O/c1-9-6-5-7-10(2)13(9)12-8-16-14(17-12)11(3)15-4/h5-8,11,15H,1-4H3. The van der Waals surface area contributed by atoms with Crippen LogP contribution in [0.4, 0.5) is 0 Å². The first-order chi connectivity index (χ1) is 8.13. The molecule has 0 saturated heterocycles. The van der Waals surface area contributed by atoms with E-state index in [0.29, 0.717) is 0 Å². The van der Waals surface area contributed by atoms with Crippen LogP contribution in [-0.4, -0.2) is 12.0 Å². The molecular weight excluding hydrogens is 212 g/mol. The fourth-order valence-corrected chi connectivity index (χ4v) is 1.93. The summed E-state index contributed by atoms with van der Waals surface area (Å²) < 4.78 is 5.81. The maximum Gasteiger partial charge on any atom is 0.211 e. The van der Waals surface area contributed by atoms with Gasteiger partial charge in [0.25, 0.3) is 0 Å². The lowest BCUT2D eigenvalue weighted by atomic mass is 10.0. The van der Waals surface area contributed by atoms with Gasteiger partial charge in [-0.2, -0.15) is 0 Å². The Morgan fingerprint density at radius 3 is 2.47 bits per heavy atom. The normalized spacial score (nSPS) is 12.7. The molecule has 0 saturated carbocycles. The Kier molecular flexibility index (Phi) is 3.29. The van der Waals surface area contributed by atoms with Crippen LogP contribution in [0.25, 0.3) is 11.3 Å². The summed E-state index contributed by atoms with van der Waals surface area (Å²) in [6.07, 6.45) is 1.80. The Labute approximate surface area is 102 Å². The van der Waals surface area contributed by atoms with Crippen LogP contribution >= 0.6 is 0 Å². The van der Waals surface area contributed by atoms with Crippen molar-refractivity contribution in [2.45, 2.75) is 26.8 Å². The van der Waals surface area contributed by atoms with E-state index < -0.39 is 0 Å². The van der Waals surface area contributed by atoms with Gasteiger partial charge in [0.15, 0.2) is 5.76 Å². The maximum absolute atomic E-state index is 5.81. The molecule has 0 aliphatic rings. The summed E-state index contributed by atoms with van der Waals surface area (Å²) in [6, 6.07) is 6.37. The summed E-state index contributed by atoms with van der Waals surface area (Å²) in [5.74, 6) is 1.57. The molecule has 1 aromatic carbocycles. The minimum absolute atomic E-state index is 0.132. The van der Waals surface area contributed by atoms with Crippen molar-refractivity contribution >= 4 is 0 Å². The largest absolute Gasteiger partial charge is 0.439 e. The molecule has 0 aliphatic heterocycles. The van der Waals surface area contributed by atoms with Crippen LogP contribution in [0.2, 0.25) is 0 Å². The molecule has 17 heavy (non-hydrogen) atoms. The minimum Gasteiger partial charge on any atom is -0.439 e. The van der Waals surface area contributed by atoms with Crippen LogP contribution in [0.15, 0.2) is 28.8 Å². The number of nitrogens with zero attached hydrogens (tertiary/aromatic N) is 1. The lowest BCUT2D eigenvalue weighted by Gasteiger charge is -2.07. The first-order valence-corrected chi connectivity index (χ1v) is 5.83. The van der Waals surface area contributed by atoms with E-state index in [4.69, 9.17) is 4.42 Å². The second-order valence-electron chi connectivity index (χ2n) is 4.34. The third-order valence-electron chi connectivity index (χ3n) is 3.05. The second kappa shape index (κ2) is 4.72. The second-order valence-corrected chi connectivity index (χ2v) is 4.34. The van der Waals surface area contributed by atoms with Gasteiger partial charge < -0.3 is 9.73 Å². The Morgan fingerprint density at radius 1 is 1.24 bits per heavy atom. The van der Waals surface area contributed by atoms with E-state index >= 15 is 0 Å². The van der Waals surface area contributed by atoms with Crippen molar-refractivity contribution in [1.29, 1.82) is 0 Å². The molecule has 1 heterocycles. The Hall–Kier alpha value is -1.61. The quantitative estimate of drug-likeness (QED) is 0.879. The predicted octanol–water partition coefficient (Wildman–Crippen LogP) is 3.24. The minimum atomic E-state index is 0.132. The van der Waals surface area contributed by atoms with Crippen molar-refractivity contribution in [3.05, 3.63) is 41.4 Å². The smallest absolute Gasteiger partial charge is 0.211 e. The van der Waals surface area contributed by atoms with Crippen molar-refractivity contribution in [2.24, 2.45) is 0 Å². The molecular formula is C14H18N2O. The van der Waals surface area contributed by atoms with Crippen LogP contribution in [0.3, 0.4) is 0 Å². The van der Waals surface area contributed by atoms with Crippen LogP contribution in [0.1, 0.15) is 30.0 Å². The van der Waals surface area contributed by atoms with Crippen molar-refractivity contribution in [1.82, 2.24) is 10.3 Å². The van der Waals surface area contributed by atoms with Crippen molar-refractivity contribution < 1.29 is 4.42 Å². The lowest BCUT2D eigenvalue weighted by molar-refractivity contribution is 0.441. The summed E-state index contributed by atoms with van der Waals surface area (Å²) >= 11 is 0. The van der Waals surface area contributed by atoms with Crippen molar-refractivity contribution in [3.8, 4) is 11.3 Å². The average molecular weight is 230 g/mol. The molecule has 0 spiro atoms. The zero-order valence-corrected chi connectivity index (χ0v) is 10.7. The summed E-state index contributed by atoms with van der Waals surface area (Å²) in [4.78, 5) is 4.32. The molecule has 2 aromatic rings. The number of oxazole rings is 1. The van der Waals surface area contributed by atoms with Crippen LogP contribution in [0.5, 0.6) is 0 Å². The SMILES string of the molecule is CNC(C)c1ncc(-c2c(C)cccc2C)o1. The van der Waals surface area contributed by atoms with Crippen molar-refractivity contribution in [2.75, 3.05) is 7.05 Å². The van der Waals surface area contributed by atoms with E-state index in [1.165, 1.54) is 11.1 Å². The number of benzene rings is 1. The van der Waals surface area contributed by atoms with Gasteiger partial charge in [-0.1, -0.05) is 18.2 Å². The highest BCUT2D eigenvalue weighted by molar-refractivity contribution is 5.65. The Balaban J connectivity index is 2.44. The number of aryl methyl sites for hydroxylation is 2. The van der Waals surface area contributed by atoms with E-state index in [-0.39, 0.29) is 6.04 Å². The summed E-state index contributed by atoms with van der Waals surface area (Å²) in [5, 5.41) is 3.12. The maximum atomic E-state index is 5.81. The van der Waals surface area contributed by atoms with E-state index in [9.17, 15) is 0 Å². The molecule has 0 amide bonds. The number of aromatic nitrogens is 1.